The van der Waals surface area contributed by atoms with Crippen molar-refractivity contribution in [2.45, 2.75) is 32.2 Å². The molecule has 4 N–H and O–H groups in total. The first-order valence-electron chi connectivity index (χ1n) is 5.97. The molecule has 1 fully saturated rings. The highest BCUT2D eigenvalue weighted by Crippen LogP contribution is 2.29. The summed E-state index contributed by atoms with van der Waals surface area (Å²) in [7, 11) is 0. The Morgan fingerprint density at radius 3 is 2.76 bits per heavy atom. The van der Waals surface area contributed by atoms with E-state index < -0.39 is 5.97 Å². The van der Waals surface area contributed by atoms with E-state index in [1.807, 2.05) is 0 Å². The molecule has 1 saturated carbocycles. The molecule has 0 saturated heterocycles. The van der Waals surface area contributed by atoms with Crippen LogP contribution in [0.4, 0.5) is 11.4 Å². The van der Waals surface area contributed by atoms with Gasteiger partial charge >= 0.3 is 5.97 Å². The Kier molecular flexibility index (Phi) is 3.22. The molecule has 2 atom stereocenters. The first kappa shape index (κ1) is 11.8. The van der Waals surface area contributed by atoms with Crippen LogP contribution >= 0.6 is 0 Å². The molecule has 0 radical (unpaired) electrons. The number of hydrogen-bond acceptors (Lipinski definition) is 3. The van der Waals surface area contributed by atoms with E-state index in [0.29, 0.717) is 17.6 Å². The van der Waals surface area contributed by atoms with E-state index in [2.05, 4.69) is 12.2 Å². The second kappa shape index (κ2) is 4.65. The first-order chi connectivity index (χ1) is 8.08. The van der Waals surface area contributed by atoms with Gasteiger partial charge in [-0.1, -0.05) is 13.3 Å². The molecule has 1 aliphatic carbocycles. The third-order valence-electron chi connectivity index (χ3n) is 3.50. The number of nitrogen functional groups attached to an aromatic ring is 1. The number of benzene rings is 1. The molecule has 0 spiro atoms. The number of hydrogen-bond donors (Lipinski definition) is 3. The third-order valence-corrected chi connectivity index (χ3v) is 3.50. The lowest BCUT2D eigenvalue weighted by Crippen LogP contribution is -2.21. The Bertz CT molecular complexity index is 431. The largest absolute Gasteiger partial charge is 0.478 e. The van der Waals surface area contributed by atoms with Gasteiger partial charge in [0.1, 0.15) is 0 Å². The minimum Gasteiger partial charge on any atom is -0.478 e. The number of rotatable bonds is 3. The van der Waals surface area contributed by atoms with Gasteiger partial charge in [0, 0.05) is 17.4 Å². The Morgan fingerprint density at radius 2 is 2.24 bits per heavy atom. The van der Waals surface area contributed by atoms with Crippen molar-refractivity contribution in [2.24, 2.45) is 5.92 Å². The number of anilines is 2. The van der Waals surface area contributed by atoms with Crippen molar-refractivity contribution in [1.82, 2.24) is 0 Å². The summed E-state index contributed by atoms with van der Waals surface area (Å²) < 4.78 is 0. The van der Waals surface area contributed by atoms with Gasteiger partial charge in [-0.3, -0.25) is 0 Å². The maximum atomic E-state index is 10.8. The first-order valence-corrected chi connectivity index (χ1v) is 5.97. The summed E-state index contributed by atoms with van der Waals surface area (Å²) >= 11 is 0. The smallest absolute Gasteiger partial charge is 0.337 e. The predicted molar refractivity (Wildman–Crippen MR) is 68.2 cm³/mol. The molecule has 0 aliphatic heterocycles. The summed E-state index contributed by atoms with van der Waals surface area (Å²) in [4.78, 5) is 10.8. The standard InChI is InChI=1S/C13H18N2O2/c1-8-3-2-4-12(8)15-9-5-6-10(13(16)17)11(14)7-9/h5-8,12,15H,2-4,14H2,1H3,(H,16,17). The van der Waals surface area contributed by atoms with Crippen LogP contribution in [0.2, 0.25) is 0 Å². The average molecular weight is 234 g/mol. The Morgan fingerprint density at radius 1 is 1.47 bits per heavy atom. The van der Waals surface area contributed by atoms with Crippen LogP contribution in [-0.2, 0) is 0 Å². The molecular weight excluding hydrogens is 216 g/mol. The molecule has 1 aliphatic rings. The molecule has 2 unspecified atom stereocenters. The summed E-state index contributed by atoms with van der Waals surface area (Å²) in [6.45, 7) is 2.24. The number of nitrogens with two attached hydrogens (primary N) is 1. The van der Waals surface area contributed by atoms with Gasteiger partial charge in [0.25, 0.3) is 0 Å². The molecule has 1 aromatic rings. The highest BCUT2D eigenvalue weighted by molar-refractivity contribution is 5.94. The molecule has 1 aromatic carbocycles. The van der Waals surface area contributed by atoms with Crippen LogP contribution in [0.15, 0.2) is 18.2 Å². The van der Waals surface area contributed by atoms with E-state index >= 15 is 0 Å². The highest BCUT2D eigenvalue weighted by Gasteiger charge is 2.23. The van der Waals surface area contributed by atoms with Gasteiger partial charge in [-0.05, 0) is 37.0 Å². The zero-order chi connectivity index (χ0) is 12.4. The molecule has 17 heavy (non-hydrogen) atoms. The summed E-state index contributed by atoms with van der Waals surface area (Å²) in [5.74, 6) is -0.321. The molecule has 92 valence electrons. The maximum Gasteiger partial charge on any atom is 0.337 e. The number of carboxylic acid groups (broad SMARTS) is 1. The van der Waals surface area contributed by atoms with E-state index in [-0.39, 0.29) is 5.56 Å². The Hall–Kier alpha value is -1.71. The summed E-state index contributed by atoms with van der Waals surface area (Å²) in [5, 5.41) is 12.3. The molecule has 0 bridgehead atoms. The predicted octanol–water partition coefficient (Wildman–Crippen LogP) is 2.57. The van der Waals surface area contributed by atoms with Crippen LogP contribution < -0.4 is 11.1 Å². The van der Waals surface area contributed by atoms with Crippen LogP contribution in [0, 0.1) is 5.92 Å². The van der Waals surface area contributed by atoms with Crippen molar-refractivity contribution in [2.75, 3.05) is 11.1 Å². The summed E-state index contributed by atoms with van der Waals surface area (Å²) in [5.41, 5.74) is 7.09. The molecule has 2 rings (SSSR count). The van der Waals surface area contributed by atoms with Crippen molar-refractivity contribution in [1.29, 1.82) is 0 Å². The molecule has 4 heteroatoms. The van der Waals surface area contributed by atoms with Crippen molar-refractivity contribution in [3.8, 4) is 0 Å². The lowest BCUT2D eigenvalue weighted by atomic mass is 10.1. The highest BCUT2D eigenvalue weighted by atomic mass is 16.4. The van der Waals surface area contributed by atoms with Gasteiger partial charge in [0.2, 0.25) is 0 Å². The topological polar surface area (TPSA) is 75.3 Å². The van der Waals surface area contributed by atoms with Crippen LogP contribution in [-0.4, -0.2) is 17.1 Å². The van der Waals surface area contributed by atoms with Gasteiger partial charge in [-0.25, -0.2) is 4.79 Å². The molecule has 0 amide bonds. The Labute approximate surface area is 101 Å². The fourth-order valence-electron chi connectivity index (χ4n) is 2.42. The lowest BCUT2D eigenvalue weighted by Gasteiger charge is -2.19. The number of nitrogens with one attached hydrogen (secondary N) is 1. The van der Waals surface area contributed by atoms with Gasteiger partial charge < -0.3 is 16.2 Å². The minimum atomic E-state index is -0.983. The number of carbonyl (C=O) groups is 1. The fraction of sp³-hybridized carbons (Fsp3) is 0.462. The second-order valence-electron chi connectivity index (χ2n) is 4.77. The van der Waals surface area contributed by atoms with Crippen molar-refractivity contribution >= 4 is 17.3 Å². The monoisotopic (exact) mass is 234 g/mol. The zero-order valence-electron chi connectivity index (χ0n) is 9.94. The van der Waals surface area contributed by atoms with Gasteiger partial charge in [-0.2, -0.15) is 0 Å². The second-order valence-corrected chi connectivity index (χ2v) is 4.77. The lowest BCUT2D eigenvalue weighted by molar-refractivity contribution is 0.0698. The summed E-state index contributed by atoms with van der Waals surface area (Å²) in [6, 6.07) is 5.52. The van der Waals surface area contributed by atoms with E-state index in [1.54, 1.807) is 18.2 Å². The van der Waals surface area contributed by atoms with E-state index in [0.717, 1.165) is 5.69 Å². The zero-order valence-corrected chi connectivity index (χ0v) is 9.94. The third kappa shape index (κ3) is 2.52. The van der Waals surface area contributed by atoms with E-state index in [1.165, 1.54) is 19.3 Å². The molecule has 0 heterocycles. The summed E-state index contributed by atoms with van der Waals surface area (Å²) in [6.07, 6.45) is 3.67. The van der Waals surface area contributed by atoms with Crippen LogP contribution in [0.1, 0.15) is 36.5 Å². The van der Waals surface area contributed by atoms with E-state index in [9.17, 15) is 4.79 Å². The number of aromatic carboxylic acids is 1. The number of carboxylic acids is 1. The van der Waals surface area contributed by atoms with E-state index in [4.69, 9.17) is 10.8 Å². The Balaban J connectivity index is 2.12. The minimum absolute atomic E-state index is 0.162. The molecular formula is C13H18N2O2. The van der Waals surface area contributed by atoms with Crippen molar-refractivity contribution in [3.63, 3.8) is 0 Å². The van der Waals surface area contributed by atoms with Crippen molar-refractivity contribution < 1.29 is 9.90 Å². The fourth-order valence-corrected chi connectivity index (χ4v) is 2.42. The van der Waals surface area contributed by atoms with Gasteiger partial charge in [-0.15, -0.1) is 0 Å². The maximum absolute atomic E-state index is 10.8. The average Bonchev–Trinajstić information content (AvgIpc) is 2.64. The van der Waals surface area contributed by atoms with Gasteiger partial charge in [0.15, 0.2) is 0 Å². The quantitative estimate of drug-likeness (QED) is 0.702. The van der Waals surface area contributed by atoms with Gasteiger partial charge in [0.05, 0.1) is 5.56 Å². The SMILES string of the molecule is CC1CCCC1Nc1ccc(C(=O)O)c(N)c1. The molecule has 4 nitrogen and oxygen atoms in total. The van der Waals surface area contributed by atoms with Crippen molar-refractivity contribution in [3.05, 3.63) is 23.8 Å². The van der Waals surface area contributed by atoms with Crippen LogP contribution in [0.25, 0.3) is 0 Å². The van der Waals surface area contributed by atoms with Crippen LogP contribution in [0.5, 0.6) is 0 Å². The molecule has 0 aromatic heterocycles. The van der Waals surface area contributed by atoms with Crippen LogP contribution in [0.3, 0.4) is 0 Å². The normalized spacial score (nSPS) is 23.6.